The van der Waals surface area contributed by atoms with Crippen LogP contribution in [-0.2, 0) is 6.54 Å². The van der Waals surface area contributed by atoms with Gasteiger partial charge in [0.25, 0.3) is 0 Å². The Morgan fingerprint density at radius 1 is 1.43 bits per heavy atom. The summed E-state index contributed by atoms with van der Waals surface area (Å²) in [5, 5.41) is 13.3. The molecule has 0 bridgehead atoms. The lowest BCUT2D eigenvalue weighted by Gasteiger charge is -2.30. The maximum atomic E-state index is 9.09. The summed E-state index contributed by atoms with van der Waals surface area (Å²) in [6.45, 7) is 5.08. The Balaban J connectivity index is 1.73. The van der Waals surface area contributed by atoms with Gasteiger partial charge in [0.15, 0.2) is 0 Å². The van der Waals surface area contributed by atoms with Crippen LogP contribution in [0.5, 0.6) is 0 Å². The molecule has 1 aromatic carbocycles. The molecule has 108 valence electrons. The predicted molar refractivity (Wildman–Crippen MR) is 81.9 cm³/mol. The Hall–Kier alpha value is -2.12. The fourth-order valence-corrected chi connectivity index (χ4v) is 2.97. The first-order valence-electron chi connectivity index (χ1n) is 7.48. The lowest BCUT2D eigenvalue weighted by molar-refractivity contribution is 0.192. The molecule has 4 nitrogen and oxygen atoms in total. The molecule has 1 unspecified atom stereocenters. The van der Waals surface area contributed by atoms with Crippen LogP contribution >= 0.6 is 0 Å². The van der Waals surface area contributed by atoms with Crippen molar-refractivity contribution < 1.29 is 0 Å². The van der Waals surface area contributed by atoms with Gasteiger partial charge < -0.3 is 0 Å². The highest BCUT2D eigenvalue weighted by Gasteiger charge is 2.19. The molecule has 4 heteroatoms. The van der Waals surface area contributed by atoms with Crippen LogP contribution < -0.4 is 0 Å². The second kappa shape index (κ2) is 6.11. The third-order valence-corrected chi connectivity index (χ3v) is 4.18. The molecule has 2 aromatic rings. The topological polar surface area (TPSA) is 44.9 Å². The van der Waals surface area contributed by atoms with E-state index < -0.39 is 0 Å². The molecule has 0 saturated carbocycles. The first-order chi connectivity index (χ1) is 10.3. The van der Waals surface area contributed by atoms with E-state index in [0.29, 0.717) is 0 Å². The van der Waals surface area contributed by atoms with Crippen LogP contribution in [0.25, 0.3) is 5.69 Å². The molecule has 1 atom stereocenters. The minimum absolute atomic E-state index is 0.197. The summed E-state index contributed by atoms with van der Waals surface area (Å²) in [7, 11) is 0. The van der Waals surface area contributed by atoms with Gasteiger partial charge >= 0.3 is 0 Å². The molecule has 3 rings (SSSR count). The Bertz CT molecular complexity index is 639. The molecular weight excluding hydrogens is 260 g/mol. The van der Waals surface area contributed by atoms with E-state index in [4.69, 9.17) is 5.26 Å². The van der Waals surface area contributed by atoms with Gasteiger partial charge in [-0.15, -0.1) is 0 Å². The van der Waals surface area contributed by atoms with Gasteiger partial charge in [-0.25, -0.2) is 4.68 Å². The van der Waals surface area contributed by atoms with Crippen molar-refractivity contribution in [3.05, 3.63) is 47.8 Å². The molecule has 1 aliphatic heterocycles. The van der Waals surface area contributed by atoms with E-state index in [2.05, 4.69) is 41.2 Å². The third-order valence-electron chi connectivity index (χ3n) is 4.18. The Labute approximate surface area is 125 Å². The molecule has 0 N–H and O–H groups in total. The Morgan fingerprint density at radius 3 is 3.05 bits per heavy atom. The highest BCUT2D eigenvalue weighted by molar-refractivity contribution is 5.39. The van der Waals surface area contributed by atoms with Crippen molar-refractivity contribution in [1.29, 1.82) is 5.26 Å². The van der Waals surface area contributed by atoms with Crippen molar-refractivity contribution in [3.8, 4) is 11.8 Å². The van der Waals surface area contributed by atoms with Gasteiger partial charge in [0, 0.05) is 25.5 Å². The number of hydrogen-bond acceptors (Lipinski definition) is 3. The lowest BCUT2D eigenvalue weighted by Crippen LogP contribution is -2.34. The number of benzene rings is 1. The zero-order valence-electron chi connectivity index (χ0n) is 12.4. The molecule has 1 saturated heterocycles. The average molecular weight is 280 g/mol. The van der Waals surface area contributed by atoms with Gasteiger partial charge in [-0.2, -0.15) is 10.4 Å². The number of hydrogen-bond donors (Lipinski definition) is 0. The second-order valence-corrected chi connectivity index (χ2v) is 5.76. The van der Waals surface area contributed by atoms with Gasteiger partial charge in [-0.1, -0.05) is 6.07 Å². The number of aryl methyl sites for hydroxylation is 1. The lowest BCUT2D eigenvalue weighted by atomic mass is 9.98. The zero-order chi connectivity index (χ0) is 14.7. The van der Waals surface area contributed by atoms with E-state index in [1.807, 2.05) is 16.9 Å². The standard InChI is InChI=1S/C17H20N4/c1-14-10-17(21-9-3-7-19-21)6-5-16(14)13-20-8-2-4-15(11-18)12-20/h3,5-7,9-10,15H,2,4,8,12-13H2,1H3. The van der Waals surface area contributed by atoms with Crippen molar-refractivity contribution in [2.75, 3.05) is 13.1 Å². The maximum absolute atomic E-state index is 9.09. The summed E-state index contributed by atoms with van der Waals surface area (Å²) < 4.78 is 1.88. The monoisotopic (exact) mass is 280 g/mol. The fourth-order valence-electron chi connectivity index (χ4n) is 2.97. The quantitative estimate of drug-likeness (QED) is 0.868. The third kappa shape index (κ3) is 3.14. The molecule has 21 heavy (non-hydrogen) atoms. The largest absolute Gasteiger partial charge is 0.298 e. The smallest absolute Gasteiger partial charge is 0.0669 e. The predicted octanol–water partition coefficient (Wildman–Crippen LogP) is 2.92. The summed E-state index contributed by atoms with van der Waals surface area (Å²) in [5.41, 5.74) is 3.71. The molecule has 1 fully saturated rings. The number of aromatic nitrogens is 2. The van der Waals surface area contributed by atoms with Crippen LogP contribution in [0.15, 0.2) is 36.7 Å². The normalized spacial score (nSPS) is 19.3. The molecule has 0 radical (unpaired) electrons. The average Bonchev–Trinajstić information content (AvgIpc) is 3.04. The number of piperidine rings is 1. The van der Waals surface area contributed by atoms with Crippen LogP contribution in [0.3, 0.4) is 0 Å². The first kappa shape index (κ1) is 13.8. The molecule has 1 aliphatic rings. The molecular formula is C17H20N4. The summed E-state index contributed by atoms with van der Waals surface area (Å²) in [4.78, 5) is 2.40. The van der Waals surface area contributed by atoms with Crippen LogP contribution in [-0.4, -0.2) is 27.8 Å². The molecule has 0 spiro atoms. The van der Waals surface area contributed by atoms with Crippen molar-refractivity contribution in [2.24, 2.45) is 5.92 Å². The second-order valence-electron chi connectivity index (χ2n) is 5.76. The van der Waals surface area contributed by atoms with Gasteiger partial charge in [0.2, 0.25) is 0 Å². The van der Waals surface area contributed by atoms with Crippen molar-refractivity contribution in [1.82, 2.24) is 14.7 Å². The van der Waals surface area contributed by atoms with Crippen molar-refractivity contribution in [2.45, 2.75) is 26.3 Å². The number of nitrogens with zero attached hydrogens (tertiary/aromatic N) is 4. The van der Waals surface area contributed by atoms with Gasteiger partial charge in [-0.05, 0) is 55.6 Å². The van der Waals surface area contributed by atoms with Gasteiger partial charge in [0.1, 0.15) is 0 Å². The Morgan fingerprint density at radius 2 is 2.33 bits per heavy atom. The molecule has 0 amide bonds. The van der Waals surface area contributed by atoms with Crippen LogP contribution in [0, 0.1) is 24.2 Å². The first-order valence-corrected chi connectivity index (χ1v) is 7.48. The molecule has 0 aliphatic carbocycles. The number of likely N-dealkylation sites (tertiary alicyclic amines) is 1. The van der Waals surface area contributed by atoms with E-state index in [-0.39, 0.29) is 5.92 Å². The minimum Gasteiger partial charge on any atom is -0.298 e. The fraction of sp³-hybridized carbons (Fsp3) is 0.412. The van der Waals surface area contributed by atoms with Crippen LogP contribution in [0.2, 0.25) is 0 Å². The van der Waals surface area contributed by atoms with E-state index in [1.54, 1.807) is 6.20 Å². The highest BCUT2D eigenvalue weighted by atomic mass is 15.3. The van der Waals surface area contributed by atoms with Crippen molar-refractivity contribution in [3.63, 3.8) is 0 Å². The van der Waals surface area contributed by atoms with Gasteiger partial charge in [-0.3, -0.25) is 4.90 Å². The zero-order valence-corrected chi connectivity index (χ0v) is 12.4. The summed E-state index contributed by atoms with van der Waals surface area (Å²) in [5.74, 6) is 0.197. The van der Waals surface area contributed by atoms with Gasteiger partial charge in [0.05, 0.1) is 17.7 Å². The van der Waals surface area contributed by atoms with Crippen LogP contribution in [0.4, 0.5) is 0 Å². The van der Waals surface area contributed by atoms with Crippen LogP contribution in [0.1, 0.15) is 24.0 Å². The molecule has 2 heterocycles. The van der Waals surface area contributed by atoms with E-state index in [1.165, 1.54) is 11.1 Å². The molecule has 1 aromatic heterocycles. The number of nitriles is 1. The van der Waals surface area contributed by atoms with E-state index >= 15 is 0 Å². The summed E-state index contributed by atoms with van der Waals surface area (Å²) >= 11 is 0. The maximum Gasteiger partial charge on any atom is 0.0669 e. The highest BCUT2D eigenvalue weighted by Crippen LogP contribution is 2.20. The van der Waals surface area contributed by atoms with E-state index in [0.717, 1.165) is 38.2 Å². The summed E-state index contributed by atoms with van der Waals surface area (Å²) in [6, 6.07) is 10.8. The number of rotatable bonds is 3. The van der Waals surface area contributed by atoms with Crippen molar-refractivity contribution >= 4 is 0 Å². The SMILES string of the molecule is Cc1cc(-n2cccn2)ccc1CN1CCCC(C#N)C1. The minimum atomic E-state index is 0.197. The van der Waals surface area contributed by atoms with E-state index in [9.17, 15) is 0 Å². The Kier molecular flexibility index (Phi) is 4.03. The summed E-state index contributed by atoms with van der Waals surface area (Å²) in [6.07, 6.45) is 5.92.